The summed E-state index contributed by atoms with van der Waals surface area (Å²) in [6.07, 6.45) is -0.679. The van der Waals surface area contributed by atoms with E-state index in [4.69, 9.17) is 4.74 Å². The Hall–Kier alpha value is -2.31. The molecule has 6 heteroatoms. The SMILES string of the molecule is CC(=O)c1cccc(OC(C)C(=O)Nc2ccc(CN3CCSCC3)cc2C)c1. The van der Waals surface area contributed by atoms with E-state index in [1.165, 1.54) is 24.0 Å². The number of ketones is 1. The van der Waals surface area contributed by atoms with Gasteiger partial charge in [-0.15, -0.1) is 0 Å². The molecule has 154 valence electrons. The van der Waals surface area contributed by atoms with Gasteiger partial charge in [-0.2, -0.15) is 11.8 Å². The van der Waals surface area contributed by atoms with Crippen LogP contribution in [0.25, 0.3) is 0 Å². The highest BCUT2D eigenvalue weighted by atomic mass is 32.2. The second kappa shape index (κ2) is 9.94. The molecular weight excluding hydrogens is 384 g/mol. The van der Waals surface area contributed by atoms with Crippen molar-refractivity contribution < 1.29 is 14.3 Å². The number of nitrogens with zero attached hydrogens (tertiary/aromatic N) is 1. The van der Waals surface area contributed by atoms with Gasteiger partial charge in [-0.25, -0.2) is 0 Å². The van der Waals surface area contributed by atoms with Crippen LogP contribution >= 0.6 is 11.8 Å². The van der Waals surface area contributed by atoms with Crippen molar-refractivity contribution in [1.29, 1.82) is 0 Å². The molecule has 0 radical (unpaired) electrons. The normalized spacial score (nSPS) is 15.6. The molecule has 0 aromatic heterocycles. The van der Waals surface area contributed by atoms with E-state index < -0.39 is 6.10 Å². The van der Waals surface area contributed by atoms with Gasteiger partial charge in [0.2, 0.25) is 0 Å². The topological polar surface area (TPSA) is 58.6 Å². The molecule has 2 aromatic rings. The number of aryl methyl sites for hydroxylation is 1. The highest BCUT2D eigenvalue weighted by Gasteiger charge is 2.17. The monoisotopic (exact) mass is 412 g/mol. The van der Waals surface area contributed by atoms with Crippen molar-refractivity contribution in [3.63, 3.8) is 0 Å². The van der Waals surface area contributed by atoms with Gasteiger partial charge < -0.3 is 10.1 Å². The summed E-state index contributed by atoms with van der Waals surface area (Å²) in [4.78, 5) is 26.6. The van der Waals surface area contributed by atoms with E-state index in [9.17, 15) is 9.59 Å². The maximum Gasteiger partial charge on any atom is 0.265 e. The predicted molar refractivity (Wildman–Crippen MR) is 119 cm³/mol. The standard InChI is InChI=1S/C23H28N2O3S/c1-16-13-19(15-25-9-11-29-12-10-25)7-8-22(16)24-23(27)18(3)28-21-6-4-5-20(14-21)17(2)26/h4-8,13-14,18H,9-12,15H2,1-3H3,(H,24,27). The van der Waals surface area contributed by atoms with Gasteiger partial charge in [-0.05, 0) is 50.1 Å². The third-order valence-corrected chi connectivity index (χ3v) is 5.92. The molecule has 5 nitrogen and oxygen atoms in total. The van der Waals surface area contributed by atoms with Crippen LogP contribution in [0.3, 0.4) is 0 Å². The van der Waals surface area contributed by atoms with Crippen molar-refractivity contribution in [2.24, 2.45) is 0 Å². The molecule has 1 saturated heterocycles. The van der Waals surface area contributed by atoms with Crippen LogP contribution in [0.2, 0.25) is 0 Å². The van der Waals surface area contributed by atoms with E-state index in [-0.39, 0.29) is 11.7 Å². The summed E-state index contributed by atoms with van der Waals surface area (Å²) in [6, 6.07) is 13.1. The minimum atomic E-state index is -0.679. The average Bonchev–Trinajstić information content (AvgIpc) is 2.71. The van der Waals surface area contributed by atoms with Crippen molar-refractivity contribution in [3.8, 4) is 5.75 Å². The molecule has 1 atom stereocenters. The van der Waals surface area contributed by atoms with Gasteiger partial charge in [0.05, 0.1) is 0 Å². The van der Waals surface area contributed by atoms with Crippen molar-refractivity contribution in [1.82, 2.24) is 4.90 Å². The summed E-state index contributed by atoms with van der Waals surface area (Å²) >= 11 is 2.01. The number of hydrogen-bond donors (Lipinski definition) is 1. The molecule has 0 spiro atoms. The second-order valence-corrected chi connectivity index (χ2v) is 8.60. The molecule has 2 aromatic carbocycles. The van der Waals surface area contributed by atoms with E-state index >= 15 is 0 Å². The number of ether oxygens (including phenoxy) is 1. The third kappa shape index (κ3) is 6.08. The number of anilines is 1. The van der Waals surface area contributed by atoms with Gasteiger partial charge in [-0.1, -0.05) is 24.3 Å². The smallest absolute Gasteiger partial charge is 0.265 e. The zero-order chi connectivity index (χ0) is 20.8. The first-order chi connectivity index (χ1) is 13.9. The van der Waals surface area contributed by atoms with Gasteiger partial charge in [0.1, 0.15) is 5.75 Å². The van der Waals surface area contributed by atoms with Crippen molar-refractivity contribution >= 4 is 29.1 Å². The Morgan fingerprint density at radius 3 is 2.62 bits per heavy atom. The Morgan fingerprint density at radius 2 is 1.93 bits per heavy atom. The fourth-order valence-corrected chi connectivity index (χ4v) is 4.24. The summed E-state index contributed by atoms with van der Waals surface area (Å²) < 4.78 is 5.73. The fourth-order valence-electron chi connectivity index (χ4n) is 3.26. The van der Waals surface area contributed by atoms with Crippen LogP contribution in [0.15, 0.2) is 42.5 Å². The molecular formula is C23H28N2O3S. The van der Waals surface area contributed by atoms with E-state index in [0.717, 1.165) is 30.9 Å². The number of amides is 1. The minimum absolute atomic E-state index is 0.0356. The molecule has 1 N–H and O–H groups in total. The summed E-state index contributed by atoms with van der Waals surface area (Å²) in [7, 11) is 0. The third-order valence-electron chi connectivity index (χ3n) is 4.98. The molecule has 1 fully saturated rings. The molecule has 0 saturated carbocycles. The number of carbonyl (C=O) groups excluding carboxylic acids is 2. The molecule has 3 rings (SSSR count). The Morgan fingerprint density at radius 1 is 1.17 bits per heavy atom. The first kappa shape index (κ1) is 21.4. The lowest BCUT2D eigenvalue weighted by Crippen LogP contribution is -2.32. The summed E-state index contributed by atoms with van der Waals surface area (Å²) in [6.45, 7) is 8.41. The highest BCUT2D eigenvalue weighted by molar-refractivity contribution is 7.99. The van der Waals surface area contributed by atoms with Crippen LogP contribution in [0.1, 0.15) is 35.3 Å². The molecule has 1 amide bonds. The largest absolute Gasteiger partial charge is 0.481 e. The molecule has 29 heavy (non-hydrogen) atoms. The summed E-state index contributed by atoms with van der Waals surface area (Å²) in [5, 5.41) is 2.95. The average molecular weight is 413 g/mol. The lowest BCUT2D eigenvalue weighted by Gasteiger charge is -2.26. The Bertz CT molecular complexity index is 878. The summed E-state index contributed by atoms with van der Waals surface area (Å²) in [5.41, 5.74) is 3.65. The quantitative estimate of drug-likeness (QED) is 0.692. The van der Waals surface area contributed by atoms with E-state index in [1.54, 1.807) is 31.2 Å². The first-order valence-electron chi connectivity index (χ1n) is 9.90. The number of Topliss-reactive ketones (excluding diaryl/α,β-unsaturated/α-hetero) is 1. The Labute approximate surface area is 176 Å². The fraction of sp³-hybridized carbons (Fsp3) is 0.391. The predicted octanol–water partition coefficient (Wildman–Crippen LogP) is 4.15. The highest BCUT2D eigenvalue weighted by Crippen LogP contribution is 2.21. The van der Waals surface area contributed by atoms with Crippen LogP contribution in [-0.4, -0.2) is 47.3 Å². The zero-order valence-electron chi connectivity index (χ0n) is 17.2. The van der Waals surface area contributed by atoms with E-state index in [2.05, 4.69) is 22.3 Å². The molecule has 1 aliphatic heterocycles. The zero-order valence-corrected chi connectivity index (χ0v) is 18.1. The van der Waals surface area contributed by atoms with Crippen LogP contribution < -0.4 is 10.1 Å². The van der Waals surface area contributed by atoms with Gasteiger partial charge in [0, 0.05) is 42.4 Å². The number of benzene rings is 2. The van der Waals surface area contributed by atoms with Gasteiger partial charge in [0.25, 0.3) is 5.91 Å². The van der Waals surface area contributed by atoms with Crippen LogP contribution in [0.4, 0.5) is 5.69 Å². The molecule has 0 bridgehead atoms. The van der Waals surface area contributed by atoms with Crippen LogP contribution in [0.5, 0.6) is 5.75 Å². The van der Waals surface area contributed by atoms with E-state index in [0.29, 0.717) is 11.3 Å². The Kier molecular flexibility index (Phi) is 7.34. The van der Waals surface area contributed by atoms with Crippen molar-refractivity contribution in [3.05, 3.63) is 59.2 Å². The number of hydrogen-bond acceptors (Lipinski definition) is 5. The van der Waals surface area contributed by atoms with E-state index in [1.807, 2.05) is 24.8 Å². The lowest BCUT2D eigenvalue weighted by molar-refractivity contribution is -0.122. The van der Waals surface area contributed by atoms with Crippen LogP contribution in [-0.2, 0) is 11.3 Å². The van der Waals surface area contributed by atoms with Gasteiger partial charge in [0.15, 0.2) is 11.9 Å². The minimum Gasteiger partial charge on any atom is -0.481 e. The Balaban J connectivity index is 1.59. The lowest BCUT2D eigenvalue weighted by atomic mass is 10.1. The van der Waals surface area contributed by atoms with Crippen LogP contribution in [0, 0.1) is 6.92 Å². The molecule has 1 unspecified atom stereocenters. The maximum atomic E-state index is 12.6. The molecule has 1 heterocycles. The number of thioether (sulfide) groups is 1. The van der Waals surface area contributed by atoms with Crippen molar-refractivity contribution in [2.75, 3.05) is 29.9 Å². The number of carbonyl (C=O) groups is 2. The molecule has 0 aliphatic carbocycles. The summed E-state index contributed by atoms with van der Waals surface area (Å²) in [5.74, 6) is 2.64. The van der Waals surface area contributed by atoms with Gasteiger partial charge >= 0.3 is 0 Å². The first-order valence-corrected chi connectivity index (χ1v) is 11.1. The van der Waals surface area contributed by atoms with Crippen molar-refractivity contribution in [2.45, 2.75) is 33.4 Å². The number of nitrogens with one attached hydrogen (secondary N) is 1. The maximum absolute atomic E-state index is 12.6. The van der Waals surface area contributed by atoms with Gasteiger partial charge in [-0.3, -0.25) is 14.5 Å². The second-order valence-electron chi connectivity index (χ2n) is 7.37. The molecule has 1 aliphatic rings. The number of rotatable bonds is 7.